The lowest BCUT2D eigenvalue weighted by atomic mass is 9.93. The third-order valence-electron chi connectivity index (χ3n) is 4.46. The first-order chi connectivity index (χ1) is 10.8. The number of hydrogen-bond donors (Lipinski definition) is 1. The first-order valence-electron chi connectivity index (χ1n) is 7.97. The van der Waals surface area contributed by atoms with E-state index in [4.69, 9.17) is 0 Å². The highest BCUT2D eigenvalue weighted by molar-refractivity contribution is 7.09. The number of piperidine rings is 1. The Hall–Kier alpha value is -1.47. The Bertz CT molecular complexity index is 622. The van der Waals surface area contributed by atoms with E-state index in [1.807, 2.05) is 5.38 Å². The Balaban J connectivity index is 1.74. The summed E-state index contributed by atoms with van der Waals surface area (Å²) >= 11 is 1.52. The molecule has 2 saturated heterocycles. The average Bonchev–Trinajstić information content (AvgIpc) is 2.93. The Labute approximate surface area is 140 Å². The molecule has 0 spiro atoms. The molecule has 23 heavy (non-hydrogen) atoms. The zero-order valence-electron chi connectivity index (χ0n) is 13.8. The third-order valence-corrected chi connectivity index (χ3v) is 5.30. The molecule has 2 atom stereocenters. The summed E-state index contributed by atoms with van der Waals surface area (Å²) in [6, 6.07) is -0.512. The van der Waals surface area contributed by atoms with Crippen molar-refractivity contribution in [3.05, 3.63) is 16.1 Å². The number of aliphatic hydroxyl groups excluding tert-OH is 1. The number of thiazole rings is 1. The summed E-state index contributed by atoms with van der Waals surface area (Å²) in [5, 5.41) is 12.7. The van der Waals surface area contributed by atoms with Gasteiger partial charge in [-0.2, -0.15) is 0 Å². The zero-order valence-corrected chi connectivity index (χ0v) is 14.6. The number of carbonyl (C=O) groups excluding carboxylic acids is 2. The van der Waals surface area contributed by atoms with Crippen molar-refractivity contribution in [3.8, 4) is 0 Å². The van der Waals surface area contributed by atoms with Crippen LogP contribution < -0.4 is 0 Å². The lowest BCUT2D eigenvalue weighted by Gasteiger charge is -2.43. The summed E-state index contributed by atoms with van der Waals surface area (Å²) in [4.78, 5) is 32.7. The zero-order chi connectivity index (χ0) is 16.8. The molecular formula is C16H23N3O3S. The normalized spacial score (nSPS) is 25.7. The summed E-state index contributed by atoms with van der Waals surface area (Å²) < 4.78 is 0. The Morgan fingerprint density at radius 3 is 2.78 bits per heavy atom. The number of amides is 2. The van der Waals surface area contributed by atoms with Gasteiger partial charge in [0, 0.05) is 23.8 Å². The van der Waals surface area contributed by atoms with Crippen molar-refractivity contribution in [2.75, 3.05) is 13.1 Å². The van der Waals surface area contributed by atoms with Crippen LogP contribution >= 0.6 is 11.3 Å². The van der Waals surface area contributed by atoms with Crippen molar-refractivity contribution >= 4 is 23.2 Å². The van der Waals surface area contributed by atoms with Crippen molar-refractivity contribution < 1.29 is 14.7 Å². The number of rotatable bonds is 2. The fraction of sp³-hybridized carbons (Fsp3) is 0.688. The highest BCUT2D eigenvalue weighted by atomic mass is 32.1. The fourth-order valence-corrected chi connectivity index (χ4v) is 4.08. The molecule has 3 heterocycles. The van der Waals surface area contributed by atoms with E-state index < -0.39 is 12.1 Å². The molecule has 6 nitrogen and oxygen atoms in total. The highest BCUT2D eigenvalue weighted by Gasteiger charge is 2.42. The molecule has 2 amide bonds. The molecule has 1 aromatic heterocycles. The van der Waals surface area contributed by atoms with Crippen LogP contribution in [-0.2, 0) is 21.5 Å². The van der Waals surface area contributed by atoms with Gasteiger partial charge in [0.15, 0.2) is 0 Å². The van der Waals surface area contributed by atoms with Crippen LogP contribution in [0.5, 0.6) is 0 Å². The molecule has 0 unspecified atom stereocenters. The maximum Gasteiger partial charge on any atom is 0.246 e. The molecule has 2 aliphatic heterocycles. The van der Waals surface area contributed by atoms with Gasteiger partial charge in [0.2, 0.25) is 11.8 Å². The maximum atomic E-state index is 12.7. The van der Waals surface area contributed by atoms with Crippen LogP contribution in [-0.4, -0.2) is 56.9 Å². The minimum atomic E-state index is -0.512. The van der Waals surface area contributed by atoms with Gasteiger partial charge in [-0.3, -0.25) is 9.59 Å². The van der Waals surface area contributed by atoms with E-state index in [1.165, 1.54) is 11.3 Å². The van der Waals surface area contributed by atoms with Gasteiger partial charge in [-0.15, -0.1) is 11.3 Å². The standard InChI is InChI=1S/C16H23N3O3S/c1-16(2,3)12-9-23-13(17-12)7-18-8-14(21)19-5-4-10(20)6-11(19)15(18)22/h9-11,20H,4-8H2,1-3H3/t10-,11+/m1/s1. The Kier molecular flexibility index (Phi) is 4.18. The van der Waals surface area contributed by atoms with Gasteiger partial charge in [-0.1, -0.05) is 20.8 Å². The summed E-state index contributed by atoms with van der Waals surface area (Å²) in [6.07, 6.45) is 0.392. The molecule has 1 aromatic rings. The van der Waals surface area contributed by atoms with Crippen molar-refractivity contribution in [2.24, 2.45) is 0 Å². The molecule has 1 N–H and O–H groups in total. The van der Waals surface area contributed by atoms with Gasteiger partial charge in [-0.25, -0.2) is 4.98 Å². The number of hydrogen-bond acceptors (Lipinski definition) is 5. The third kappa shape index (κ3) is 3.26. The van der Waals surface area contributed by atoms with Crippen LogP contribution in [0.2, 0.25) is 0 Å². The minimum absolute atomic E-state index is 0.0270. The molecule has 2 aliphatic rings. The first kappa shape index (κ1) is 16.4. The van der Waals surface area contributed by atoms with Crippen molar-refractivity contribution in [3.63, 3.8) is 0 Å². The van der Waals surface area contributed by atoms with Gasteiger partial charge < -0.3 is 14.9 Å². The fourth-order valence-electron chi connectivity index (χ4n) is 3.05. The van der Waals surface area contributed by atoms with Crippen LogP contribution in [0.3, 0.4) is 0 Å². The van der Waals surface area contributed by atoms with Gasteiger partial charge >= 0.3 is 0 Å². The summed E-state index contributed by atoms with van der Waals surface area (Å²) in [5.41, 5.74) is 0.976. The smallest absolute Gasteiger partial charge is 0.246 e. The van der Waals surface area contributed by atoms with Gasteiger partial charge in [0.1, 0.15) is 17.6 Å². The molecule has 126 valence electrons. The van der Waals surface area contributed by atoms with Crippen LogP contribution in [0.25, 0.3) is 0 Å². The second-order valence-electron chi connectivity index (χ2n) is 7.35. The second kappa shape index (κ2) is 5.87. The maximum absolute atomic E-state index is 12.7. The molecule has 0 radical (unpaired) electrons. The lowest BCUT2D eigenvalue weighted by Crippen LogP contribution is -2.62. The number of carbonyl (C=O) groups is 2. The first-order valence-corrected chi connectivity index (χ1v) is 8.85. The van der Waals surface area contributed by atoms with Gasteiger partial charge in [-0.05, 0) is 6.42 Å². The van der Waals surface area contributed by atoms with Crippen molar-refractivity contribution in [2.45, 2.75) is 57.7 Å². The average molecular weight is 337 g/mol. The van der Waals surface area contributed by atoms with E-state index >= 15 is 0 Å². The number of aromatic nitrogens is 1. The predicted octanol–water partition coefficient (Wildman–Crippen LogP) is 1.13. The molecule has 0 bridgehead atoms. The van der Waals surface area contributed by atoms with E-state index in [2.05, 4.69) is 25.8 Å². The van der Waals surface area contributed by atoms with E-state index in [-0.39, 0.29) is 23.8 Å². The van der Waals surface area contributed by atoms with Gasteiger partial charge in [0.25, 0.3) is 0 Å². The van der Waals surface area contributed by atoms with Crippen LogP contribution in [0.1, 0.15) is 44.3 Å². The quantitative estimate of drug-likeness (QED) is 0.878. The minimum Gasteiger partial charge on any atom is -0.393 e. The predicted molar refractivity (Wildman–Crippen MR) is 87.0 cm³/mol. The lowest BCUT2D eigenvalue weighted by molar-refractivity contribution is -0.160. The van der Waals surface area contributed by atoms with Crippen molar-refractivity contribution in [1.82, 2.24) is 14.8 Å². The number of fused-ring (bicyclic) bond motifs is 1. The molecule has 3 rings (SSSR count). The summed E-state index contributed by atoms with van der Waals surface area (Å²) in [7, 11) is 0. The van der Waals surface area contributed by atoms with Gasteiger partial charge in [0.05, 0.1) is 18.3 Å². The molecule has 2 fully saturated rings. The second-order valence-corrected chi connectivity index (χ2v) is 8.29. The van der Waals surface area contributed by atoms with Crippen molar-refractivity contribution in [1.29, 1.82) is 0 Å². The topological polar surface area (TPSA) is 73.7 Å². The molecule has 7 heteroatoms. The van der Waals surface area contributed by atoms with Crippen LogP contribution in [0, 0.1) is 0 Å². The summed E-state index contributed by atoms with van der Waals surface area (Å²) in [5.74, 6) is -0.107. The van der Waals surface area contributed by atoms with E-state index in [1.54, 1.807) is 9.80 Å². The van der Waals surface area contributed by atoms with E-state index in [0.717, 1.165) is 10.7 Å². The monoisotopic (exact) mass is 337 g/mol. The summed E-state index contributed by atoms with van der Waals surface area (Å²) in [6.45, 7) is 7.24. The SMILES string of the molecule is CC(C)(C)c1csc(CN2CC(=O)N3CC[C@@H](O)C[C@H]3C2=O)n1. The Morgan fingerprint density at radius 1 is 1.39 bits per heavy atom. The number of piperazine rings is 1. The number of nitrogens with zero attached hydrogens (tertiary/aromatic N) is 3. The largest absolute Gasteiger partial charge is 0.393 e. The molecular weight excluding hydrogens is 314 g/mol. The van der Waals surface area contributed by atoms with Crippen LogP contribution in [0.15, 0.2) is 5.38 Å². The van der Waals surface area contributed by atoms with E-state index in [9.17, 15) is 14.7 Å². The number of aliphatic hydroxyl groups is 1. The molecule has 0 aliphatic carbocycles. The molecule has 0 aromatic carbocycles. The Morgan fingerprint density at radius 2 is 2.13 bits per heavy atom. The highest BCUT2D eigenvalue weighted by Crippen LogP contribution is 2.27. The molecule has 0 saturated carbocycles. The van der Waals surface area contributed by atoms with E-state index in [0.29, 0.717) is 25.9 Å². The van der Waals surface area contributed by atoms with Crippen LogP contribution in [0.4, 0.5) is 0 Å².